The van der Waals surface area contributed by atoms with E-state index in [-0.39, 0.29) is 11.3 Å². The lowest BCUT2D eigenvalue weighted by atomic mass is 10.0. The molecule has 1 aromatic rings. The Balaban J connectivity index is 2.28. The molecule has 25 heavy (non-hydrogen) atoms. The predicted molar refractivity (Wildman–Crippen MR) is 77.8 cm³/mol. The van der Waals surface area contributed by atoms with Crippen LogP contribution in [-0.4, -0.2) is 23.7 Å². The molecule has 4 nitrogen and oxygen atoms in total. The number of nitrogens with two attached hydrogens (primary N) is 1. The summed E-state index contributed by atoms with van der Waals surface area (Å²) in [6.07, 6.45) is -4.72. The van der Waals surface area contributed by atoms with Gasteiger partial charge in [0.15, 0.2) is 11.9 Å². The van der Waals surface area contributed by atoms with Crippen molar-refractivity contribution in [3.63, 3.8) is 0 Å². The molecule has 1 atom stereocenters. The number of pyridine rings is 1. The summed E-state index contributed by atoms with van der Waals surface area (Å²) in [4.78, 5) is 3.52. The molecule has 3 N–H and O–H groups in total. The van der Waals surface area contributed by atoms with Gasteiger partial charge in [0.25, 0.3) is 12.3 Å². The molecular formula is C15H13F6N3O. The maximum atomic E-state index is 14.0. The number of rotatable bonds is 4. The number of nitrogens with one attached hydrogen (secondary N) is 1. The molecular weight excluding hydrogens is 352 g/mol. The summed E-state index contributed by atoms with van der Waals surface area (Å²) < 4.78 is 81.0. The third kappa shape index (κ3) is 4.46. The van der Waals surface area contributed by atoms with Crippen molar-refractivity contribution >= 4 is 5.57 Å². The van der Waals surface area contributed by atoms with Crippen molar-refractivity contribution in [1.82, 2.24) is 10.3 Å². The van der Waals surface area contributed by atoms with Gasteiger partial charge in [-0.05, 0) is 30.7 Å². The van der Waals surface area contributed by atoms with E-state index in [2.05, 4.69) is 15.0 Å². The molecule has 2 rings (SSSR count). The largest absolute Gasteiger partial charge is 0.463 e. The van der Waals surface area contributed by atoms with Gasteiger partial charge in [-0.2, -0.15) is 13.2 Å². The number of dihydropyridines is 1. The highest BCUT2D eigenvalue weighted by molar-refractivity contribution is 5.77. The molecule has 0 radical (unpaired) electrons. The van der Waals surface area contributed by atoms with E-state index in [0.29, 0.717) is 5.57 Å². The van der Waals surface area contributed by atoms with E-state index in [1.54, 1.807) is 0 Å². The van der Waals surface area contributed by atoms with Crippen LogP contribution in [0.15, 0.2) is 42.0 Å². The van der Waals surface area contributed by atoms with Gasteiger partial charge in [0.1, 0.15) is 0 Å². The van der Waals surface area contributed by atoms with Crippen LogP contribution in [0.5, 0.6) is 5.88 Å². The van der Waals surface area contributed by atoms with Crippen LogP contribution < -0.4 is 15.8 Å². The summed E-state index contributed by atoms with van der Waals surface area (Å²) in [5, 5.41) is 2.52. The van der Waals surface area contributed by atoms with Crippen LogP contribution in [0, 0.1) is 5.82 Å². The zero-order chi connectivity index (χ0) is 18.8. The van der Waals surface area contributed by atoms with Gasteiger partial charge in [-0.15, -0.1) is 0 Å². The SMILES string of the molecule is CC(Oc1ncc(C2=C/C(=C(/N)C(F)F)NC=C2)cc1F)C(F)(F)F. The van der Waals surface area contributed by atoms with Gasteiger partial charge < -0.3 is 15.8 Å². The molecule has 0 aromatic carbocycles. The maximum Gasteiger partial charge on any atom is 0.425 e. The van der Waals surface area contributed by atoms with Crippen LogP contribution in [0.4, 0.5) is 26.3 Å². The van der Waals surface area contributed by atoms with Crippen molar-refractivity contribution in [2.24, 2.45) is 5.73 Å². The van der Waals surface area contributed by atoms with E-state index in [9.17, 15) is 26.3 Å². The van der Waals surface area contributed by atoms with Gasteiger partial charge in [-0.3, -0.25) is 0 Å². The minimum atomic E-state index is -4.67. The van der Waals surface area contributed by atoms with Gasteiger partial charge in [-0.1, -0.05) is 0 Å². The topological polar surface area (TPSA) is 60.2 Å². The Kier molecular flexibility index (Phi) is 5.29. The van der Waals surface area contributed by atoms with E-state index >= 15 is 0 Å². The normalized spacial score (nSPS) is 17.8. The molecule has 0 fully saturated rings. The molecule has 1 aliphatic rings. The monoisotopic (exact) mass is 365 g/mol. The van der Waals surface area contributed by atoms with Crippen LogP contribution in [0.3, 0.4) is 0 Å². The van der Waals surface area contributed by atoms with Crippen molar-refractivity contribution in [3.8, 4) is 5.88 Å². The molecule has 0 spiro atoms. The lowest BCUT2D eigenvalue weighted by Gasteiger charge is -2.18. The molecule has 0 aliphatic carbocycles. The average molecular weight is 365 g/mol. The van der Waals surface area contributed by atoms with Gasteiger partial charge >= 0.3 is 6.18 Å². The van der Waals surface area contributed by atoms with Gasteiger partial charge in [0, 0.05) is 18.0 Å². The molecule has 136 valence electrons. The van der Waals surface area contributed by atoms with Gasteiger partial charge in [0.2, 0.25) is 0 Å². The fraction of sp³-hybridized carbons (Fsp3) is 0.267. The second-order valence-electron chi connectivity index (χ2n) is 5.06. The first kappa shape index (κ1) is 18.7. The standard InChI is InChI=1S/C15H13F6N3O/c1-7(15(19,20)21)25-14-10(16)4-9(6-24-14)8-2-3-23-11(5-8)12(22)13(17)18/h2-7,13,23H,22H2,1H3/b12-11-. The fourth-order valence-corrected chi connectivity index (χ4v) is 1.83. The minimum Gasteiger partial charge on any atom is -0.463 e. The van der Waals surface area contributed by atoms with E-state index < -0.39 is 36.1 Å². The highest BCUT2D eigenvalue weighted by Gasteiger charge is 2.38. The van der Waals surface area contributed by atoms with Gasteiger partial charge in [-0.25, -0.2) is 18.2 Å². The second-order valence-corrected chi connectivity index (χ2v) is 5.06. The van der Waals surface area contributed by atoms with Crippen molar-refractivity contribution in [2.75, 3.05) is 0 Å². The maximum absolute atomic E-state index is 14.0. The Labute approximate surface area is 138 Å². The second kappa shape index (κ2) is 7.08. The molecule has 0 saturated heterocycles. The van der Waals surface area contributed by atoms with Crippen molar-refractivity contribution in [3.05, 3.63) is 53.4 Å². The fourth-order valence-electron chi connectivity index (χ4n) is 1.83. The number of hydrogen-bond donors (Lipinski definition) is 2. The third-order valence-corrected chi connectivity index (χ3v) is 3.24. The van der Waals surface area contributed by atoms with Crippen molar-refractivity contribution < 1.29 is 31.1 Å². The van der Waals surface area contributed by atoms with E-state index in [0.717, 1.165) is 19.2 Å². The molecule has 0 bridgehead atoms. The van der Waals surface area contributed by atoms with E-state index in [1.807, 2.05) is 0 Å². The van der Waals surface area contributed by atoms with Crippen molar-refractivity contribution in [2.45, 2.75) is 25.6 Å². The van der Waals surface area contributed by atoms with Crippen LogP contribution >= 0.6 is 0 Å². The Hall–Kier alpha value is -2.65. The summed E-state index contributed by atoms with van der Waals surface area (Å²) in [6, 6.07) is 0.892. The summed E-state index contributed by atoms with van der Waals surface area (Å²) in [7, 11) is 0. The summed E-state index contributed by atoms with van der Waals surface area (Å²) in [5.41, 5.74) is 4.93. The van der Waals surface area contributed by atoms with Crippen LogP contribution in [0.25, 0.3) is 5.57 Å². The first-order valence-corrected chi connectivity index (χ1v) is 6.91. The summed E-state index contributed by atoms with van der Waals surface area (Å²) in [5.74, 6) is -1.93. The molecule has 1 unspecified atom stereocenters. The predicted octanol–water partition coefficient (Wildman–Crippen LogP) is 3.49. The number of nitrogens with zero attached hydrogens (tertiary/aromatic N) is 1. The number of hydrogen-bond acceptors (Lipinski definition) is 4. The Morgan fingerprint density at radius 3 is 2.56 bits per heavy atom. The van der Waals surface area contributed by atoms with Crippen molar-refractivity contribution in [1.29, 1.82) is 0 Å². The minimum absolute atomic E-state index is 0.0704. The highest BCUT2D eigenvalue weighted by atomic mass is 19.4. The molecule has 2 heterocycles. The highest BCUT2D eigenvalue weighted by Crippen LogP contribution is 2.28. The number of ether oxygens (including phenoxy) is 1. The van der Waals surface area contributed by atoms with Crippen LogP contribution in [0.1, 0.15) is 12.5 Å². The smallest absolute Gasteiger partial charge is 0.425 e. The third-order valence-electron chi connectivity index (χ3n) is 3.24. The number of allylic oxidation sites excluding steroid dienone is 4. The van der Waals surface area contributed by atoms with Crippen LogP contribution in [0.2, 0.25) is 0 Å². The molecule has 0 saturated carbocycles. The molecule has 1 aromatic heterocycles. The number of alkyl halides is 5. The lowest BCUT2D eigenvalue weighted by Crippen LogP contribution is -2.31. The number of aromatic nitrogens is 1. The Morgan fingerprint density at radius 1 is 1.32 bits per heavy atom. The summed E-state index contributed by atoms with van der Waals surface area (Å²) >= 11 is 0. The Bertz CT molecular complexity index is 739. The van der Waals surface area contributed by atoms with Gasteiger partial charge in [0.05, 0.1) is 11.4 Å². The zero-order valence-corrected chi connectivity index (χ0v) is 12.7. The van der Waals surface area contributed by atoms with Crippen LogP contribution in [-0.2, 0) is 0 Å². The van der Waals surface area contributed by atoms with E-state index in [1.165, 1.54) is 18.4 Å². The quantitative estimate of drug-likeness (QED) is 0.802. The molecule has 1 aliphatic heterocycles. The average Bonchev–Trinajstić information content (AvgIpc) is 2.55. The lowest BCUT2D eigenvalue weighted by molar-refractivity contribution is -0.190. The molecule has 10 heteroatoms. The zero-order valence-electron chi connectivity index (χ0n) is 12.7. The molecule has 0 amide bonds. The Morgan fingerprint density at radius 2 is 2.00 bits per heavy atom. The van der Waals surface area contributed by atoms with E-state index in [4.69, 9.17) is 5.73 Å². The first-order valence-electron chi connectivity index (χ1n) is 6.91. The number of halogens is 6. The summed E-state index contributed by atoms with van der Waals surface area (Å²) in [6.45, 7) is 0.720. The first-order chi connectivity index (χ1) is 11.6.